The number of ether oxygens (including phenoxy) is 1. The van der Waals surface area contributed by atoms with E-state index in [0.29, 0.717) is 60.2 Å². The Morgan fingerprint density at radius 2 is 1.76 bits per heavy atom. The predicted molar refractivity (Wildman–Crippen MR) is 161 cm³/mol. The second-order valence-electron chi connectivity index (χ2n) is 9.83. The number of nitrogens with zero attached hydrogens (tertiary/aromatic N) is 4. The molecule has 216 valence electrons. The number of morpholine rings is 1. The van der Waals surface area contributed by atoms with Crippen LogP contribution in [0.4, 0.5) is 15.2 Å². The van der Waals surface area contributed by atoms with Crippen LogP contribution in [0.25, 0.3) is 10.2 Å². The zero-order chi connectivity index (χ0) is 27.7. The Balaban J connectivity index is 0.00000337. The first-order valence-corrected chi connectivity index (χ1v) is 15.6. The second-order valence-corrected chi connectivity index (χ2v) is 12.7. The van der Waals surface area contributed by atoms with E-state index >= 15 is 0 Å². The van der Waals surface area contributed by atoms with Crippen molar-refractivity contribution in [3.63, 3.8) is 0 Å². The first kappa shape index (κ1) is 29.4. The summed E-state index contributed by atoms with van der Waals surface area (Å²) < 4.78 is 48.8. The summed E-state index contributed by atoms with van der Waals surface area (Å²) in [5.41, 5.74) is 2.27. The minimum absolute atomic E-state index is 0. The first-order chi connectivity index (χ1) is 19.4. The van der Waals surface area contributed by atoms with Crippen LogP contribution in [0.3, 0.4) is 0 Å². The van der Waals surface area contributed by atoms with Gasteiger partial charge >= 0.3 is 0 Å². The van der Waals surface area contributed by atoms with Crippen LogP contribution < -0.4 is 9.21 Å². The molecular weight excluding hydrogens is 587 g/mol. The topological polar surface area (TPSA) is 83.1 Å². The molecule has 41 heavy (non-hydrogen) atoms. The summed E-state index contributed by atoms with van der Waals surface area (Å²) >= 11 is 1.26. The fraction of sp³-hybridized carbons (Fsp3) is 0.310. The Labute approximate surface area is 248 Å². The summed E-state index contributed by atoms with van der Waals surface area (Å²) in [6.45, 7) is 4.64. The molecule has 3 heterocycles. The highest BCUT2D eigenvalue weighted by Gasteiger charge is 2.31. The molecule has 1 amide bonds. The molecule has 0 radical (unpaired) electrons. The van der Waals surface area contributed by atoms with Gasteiger partial charge in [-0.05, 0) is 60.9 Å². The minimum Gasteiger partial charge on any atom is -0.379 e. The Bertz CT molecular complexity index is 1640. The number of fused-ring (bicyclic) bond motifs is 2. The molecule has 0 unspecified atom stereocenters. The van der Waals surface area contributed by atoms with Crippen molar-refractivity contribution in [1.82, 2.24) is 9.88 Å². The van der Waals surface area contributed by atoms with E-state index in [1.807, 2.05) is 24.3 Å². The summed E-state index contributed by atoms with van der Waals surface area (Å²) in [7, 11) is -3.77. The van der Waals surface area contributed by atoms with Gasteiger partial charge in [-0.3, -0.25) is 18.9 Å². The van der Waals surface area contributed by atoms with E-state index in [0.717, 1.165) is 25.2 Å². The number of thiazole rings is 1. The standard InChI is InChI=1S/C29H29FN4O4S2.ClH/c30-24-6-3-8-26-27(24)31-29(39-26)33(15-4-14-32-17-19-38-20-18-32)28(35)22-9-11-23(12-10-22)40(36,37)34-16-13-21-5-1-2-7-25(21)34;/h1-3,5-12H,4,13-20H2;1H. The van der Waals surface area contributed by atoms with Crippen LogP contribution in [0.2, 0.25) is 0 Å². The van der Waals surface area contributed by atoms with E-state index in [1.54, 1.807) is 29.2 Å². The normalized spacial score (nSPS) is 15.5. The van der Waals surface area contributed by atoms with Crippen molar-refractivity contribution < 1.29 is 22.3 Å². The summed E-state index contributed by atoms with van der Waals surface area (Å²) in [4.78, 5) is 22.2. The molecule has 4 aromatic rings. The molecule has 0 bridgehead atoms. The third-order valence-electron chi connectivity index (χ3n) is 7.33. The maximum atomic E-state index is 14.4. The molecule has 0 atom stereocenters. The minimum atomic E-state index is -3.77. The second kappa shape index (κ2) is 12.4. The molecule has 12 heteroatoms. The van der Waals surface area contributed by atoms with Gasteiger partial charge in [0.15, 0.2) is 5.13 Å². The molecule has 1 aromatic heterocycles. The smallest absolute Gasteiger partial charge is 0.264 e. The average molecular weight is 617 g/mol. The first-order valence-electron chi connectivity index (χ1n) is 13.3. The summed E-state index contributed by atoms with van der Waals surface area (Å²) in [5, 5.41) is 0.414. The number of sulfonamides is 1. The number of hydrogen-bond donors (Lipinski definition) is 0. The monoisotopic (exact) mass is 616 g/mol. The van der Waals surface area contributed by atoms with E-state index in [2.05, 4.69) is 9.88 Å². The van der Waals surface area contributed by atoms with E-state index < -0.39 is 15.8 Å². The number of hydrogen-bond acceptors (Lipinski definition) is 7. The fourth-order valence-corrected chi connectivity index (χ4v) is 7.70. The van der Waals surface area contributed by atoms with Crippen LogP contribution in [0.5, 0.6) is 0 Å². The highest BCUT2D eigenvalue weighted by atomic mass is 35.5. The summed E-state index contributed by atoms with van der Waals surface area (Å²) in [6, 6.07) is 18.3. The van der Waals surface area contributed by atoms with Gasteiger partial charge in [-0.2, -0.15) is 0 Å². The molecule has 3 aromatic carbocycles. The molecule has 2 aliphatic rings. The zero-order valence-electron chi connectivity index (χ0n) is 22.2. The number of halogens is 2. The van der Waals surface area contributed by atoms with Gasteiger partial charge in [0.1, 0.15) is 11.3 Å². The molecule has 6 rings (SSSR count). The Kier molecular flexibility index (Phi) is 8.91. The molecule has 1 saturated heterocycles. The highest BCUT2D eigenvalue weighted by molar-refractivity contribution is 7.92. The van der Waals surface area contributed by atoms with Gasteiger partial charge in [-0.1, -0.05) is 35.6 Å². The Hall–Kier alpha value is -3.09. The zero-order valence-corrected chi connectivity index (χ0v) is 24.7. The van der Waals surface area contributed by atoms with Crippen LogP contribution in [-0.4, -0.2) is 70.1 Å². The largest absolute Gasteiger partial charge is 0.379 e. The number of benzene rings is 3. The average Bonchev–Trinajstić information content (AvgIpc) is 3.62. The number of anilines is 2. The van der Waals surface area contributed by atoms with Crippen LogP contribution >= 0.6 is 23.7 Å². The van der Waals surface area contributed by atoms with Crippen molar-refractivity contribution >= 4 is 60.7 Å². The van der Waals surface area contributed by atoms with Crippen molar-refractivity contribution in [2.75, 3.05) is 55.1 Å². The lowest BCUT2D eigenvalue weighted by atomic mass is 10.2. The lowest BCUT2D eigenvalue weighted by Gasteiger charge is -2.27. The van der Waals surface area contributed by atoms with Gasteiger partial charge in [0, 0.05) is 38.3 Å². The van der Waals surface area contributed by atoms with E-state index in [4.69, 9.17) is 4.74 Å². The lowest BCUT2D eigenvalue weighted by molar-refractivity contribution is 0.0376. The molecular formula is C29H30ClFN4O4S2. The van der Waals surface area contributed by atoms with Crippen molar-refractivity contribution in [1.29, 1.82) is 0 Å². The van der Waals surface area contributed by atoms with Crippen LogP contribution in [0.15, 0.2) is 71.6 Å². The van der Waals surface area contributed by atoms with Gasteiger partial charge < -0.3 is 4.74 Å². The number of rotatable bonds is 8. The highest BCUT2D eigenvalue weighted by Crippen LogP contribution is 2.34. The summed E-state index contributed by atoms with van der Waals surface area (Å²) in [5.74, 6) is -0.740. The third-order valence-corrected chi connectivity index (χ3v) is 10.2. The number of carbonyl (C=O) groups is 1. The van der Waals surface area contributed by atoms with Crippen molar-refractivity contribution in [2.45, 2.75) is 17.7 Å². The van der Waals surface area contributed by atoms with Crippen LogP contribution in [0, 0.1) is 5.82 Å². The van der Waals surface area contributed by atoms with E-state index in [9.17, 15) is 17.6 Å². The molecule has 1 fully saturated rings. The van der Waals surface area contributed by atoms with Gasteiger partial charge in [0.2, 0.25) is 0 Å². The van der Waals surface area contributed by atoms with E-state index in [1.165, 1.54) is 33.8 Å². The van der Waals surface area contributed by atoms with Gasteiger partial charge in [0.25, 0.3) is 15.9 Å². The fourth-order valence-electron chi connectivity index (χ4n) is 5.19. The maximum Gasteiger partial charge on any atom is 0.264 e. The quantitative estimate of drug-likeness (QED) is 0.278. The molecule has 8 nitrogen and oxygen atoms in total. The van der Waals surface area contributed by atoms with Crippen molar-refractivity contribution in [3.05, 3.63) is 83.7 Å². The Morgan fingerprint density at radius 1 is 1.00 bits per heavy atom. The van der Waals surface area contributed by atoms with Gasteiger partial charge in [-0.25, -0.2) is 17.8 Å². The lowest BCUT2D eigenvalue weighted by Crippen LogP contribution is -2.39. The molecule has 0 spiro atoms. The molecule has 0 N–H and O–H groups in total. The van der Waals surface area contributed by atoms with Crippen LogP contribution in [-0.2, 0) is 21.2 Å². The van der Waals surface area contributed by atoms with Crippen LogP contribution in [0.1, 0.15) is 22.3 Å². The van der Waals surface area contributed by atoms with Gasteiger partial charge in [0.05, 0.1) is 28.5 Å². The number of aromatic nitrogens is 1. The number of amides is 1. The van der Waals surface area contributed by atoms with E-state index in [-0.39, 0.29) is 28.7 Å². The number of para-hydroxylation sites is 2. The van der Waals surface area contributed by atoms with Crippen molar-refractivity contribution in [3.8, 4) is 0 Å². The molecule has 0 aliphatic carbocycles. The predicted octanol–water partition coefficient (Wildman–Crippen LogP) is 4.98. The molecule has 0 saturated carbocycles. The number of carbonyl (C=O) groups excluding carboxylic acids is 1. The maximum absolute atomic E-state index is 14.4. The SMILES string of the molecule is Cl.O=C(c1ccc(S(=O)(=O)N2CCc3ccccc32)cc1)N(CCCN1CCOCC1)c1nc2c(F)cccc2s1. The summed E-state index contributed by atoms with van der Waals surface area (Å²) in [6.07, 6.45) is 1.36. The third kappa shape index (κ3) is 5.96. The molecule has 2 aliphatic heterocycles. The van der Waals surface area contributed by atoms with Crippen molar-refractivity contribution in [2.24, 2.45) is 0 Å². The van der Waals surface area contributed by atoms with Gasteiger partial charge in [-0.15, -0.1) is 12.4 Å². The Morgan fingerprint density at radius 3 is 2.51 bits per heavy atom.